The van der Waals surface area contributed by atoms with Crippen molar-refractivity contribution in [1.29, 1.82) is 0 Å². The zero-order valence-corrected chi connectivity index (χ0v) is 16.1. The molecule has 140 valence electrons. The van der Waals surface area contributed by atoms with Crippen molar-refractivity contribution in [3.05, 3.63) is 47.6 Å². The third-order valence-electron chi connectivity index (χ3n) is 3.75. The van der Waals surface area contributed by atoms with Gasteiger partial charge < -0.3 is 10.1 Å². The second kappa shape index (κ2) is 8.13. The Kier molecular flexibility index (Phi) is 5.66. The number of amides is 1. The van der Waals surface area contributed by atoms with E-state index in [1.807, 2.05) is 38.1 Å². The highest BCUT2D eigenvalue weighted by Gasteiger charge is 2.18. The van der Waals surface area contributed by atoms with Gasteiger partial charge in [0.05, 0.1) is 16.4 Å². The van der Waals surface area contributed by atoms with Crippen LogP contribution < -0.4 is 5.32 Å². The first-order valence-corrected chi connectivity index (χ1v) is 9.34. The lowest BCUT2D eigenvalue weighted by atomic mass is 10.3. The molecule has 0 aliphatic carbocycles. The van der Waals surface area contributed by atoms with E-state index in [-0.39, 0.29) is 6.04 Å². The molecule has 0 saturated carbocycles. The predicted molar refractivity (Wildman–Crippen MR) is 105 cm³/mol. The molecule has 0 bridgehead atoms. The highest BCUT2D eigenvalue weighted by atomic mass is 32.1. The lowest BCUT2D eigenvalue weighted by molar-refractivity contribution is -0.148. The van der Waals surface area contributed by atoms with Gasteiger partial charge in [0.15, 0.2) is 6.10 Å². The van der Waals surface area contributed by atoms with Gasteiger partial charge in [-0.05, 0) is 39.0 Å². The molecule has 2 aromatic heterocycles. The topological polar surface area (TPSA) is 86.1 Å². The molecule has 8 heteroatoms. The van der Waals surface area contributed by atoms with E-state index in [1.165, 1.54) is 24.3 Å². The van der Waals surface area contributed by atoms with E-state index in [2.05, 4.69) is 15.4 Å². The fraction of sp³-hybridized carbons (Fsp3) is 0.263. The molecule has 0 saturated heterocycles. The maximum absolute atomic E-state index is 12.2. The van der Waals surface area contributed by atoms with E-state index in [0.29, 0.717) is 10.8 Å². The van der Waals surface area contributed by atoms with Crippen molar-refractivity contribution in [3.63, 3.8) is 0 Å². The number of hydrogen-bond donors (Lipinski definition) is 1. The van der Waals surface area contributed by atoms with E-state index < -0.39 is 18.0 Å². The zero-order chi connectivity index (χ0) is 19.4. The van der Waals surface area contributed by atoms with Crippen molar-refractivity contribution in [2.45, 2.75) is 32.9 Å². The number of ether oxygens (including phenoxy) is 1. The van der Waals surface area contributed by atoms with Crippen molar-refractivity contribution in [2.75, 3.05) is 5.32 Å². The number of hydrogen-bond acceptors (Lipinski definition) is 6. The summed E-state index contributed by atoms with van der Waals surface area (Å²) in [4.78, 5) is 28.7. The maximum atomic E-state index is 12.2. The number of thiazole rings is 1. The van der Waals surface area contributed by atoms with Crippen LogP contribution in [0.3, 0.4) is 0 Å². The van der Waals surface area contributed by atoms with Crippen LogP contribution >= 0.6 is 11.3 Å². The van der Waals surface area contributed by atoms with E-state index >= 15 is 0 Å². The predicted octanol–water partition coefficient (Wildman–Crippen LogP) is 3.66. The number of benzene rings is 1. The molecule has 0 unspecified atom stereocenters. The summed E-state index contributed by atoms with van der Waals surface area (Å²) in [7, 11) is 0. The lowest BCUT2D eigenvalue weighted by Gasteiger charge is -2.15. The summed E-state index contributed by atoms with van der Waals surface area (Å²) in [6.07, 6.45) is 3.53. The van der Waals surface area contributed by atoms with Gasteiger partial charge in [0.1, 0.15) is 10.8 Å². The Balaban J connectivity index is 1.57. The van der Waals surface area contributed by atoms with Crippen LogP contribution in [0.1, 0.15) is 31.8 Å². The quantitative estimate of drug-likeness (QED) is 0.518. The summed E-state index contributed by atoms with van der Waals surface area (Å²) in [5.41, 5.74) is 0.880. The van der Waals surface area contributed by atoms with E-state index in [0.717, 1.165) is 10.2 Å². The number of anilines is 1. The number of fused-ring (bicyclic) bond motifs is 1. The third kappa shape index (κ3) is 4.59. The van der Waals surface area contributed by atoms with Crippen molar-refractivity contribution in [3.8, 4) is 0 Å². The summed E-state index contributed by atoms with van der Waals surface area (Å²) in [6, 6.07) is 9.53. The van der Waals surface area contributed by atoms with Gasteiger partial charge in [-0.2, -0.15) is 5.10 Å². The number of rotatable bonds is 6. The first-order chi connectivity index (χ1) is 12.9. The molecule has 1 atom stereocenters. The van der Waals surface area contributed by atoms with Crippen molar-refractivity contribution in [2.24, 2.45) is 0 Å². The number of carbonyl (C=O) groups excluding carboxylic acids is 2. The molecule has 0 aliphatic heterocycles. The molecule has 0 fully saturated rings. The minimum atomic E-state index is -0.937. The first-order valence-electron chi connectivity index (χ1n) is 8.52. The minimum Gasteiger partial charge on any atom is -0.449 e. The van der Waals surface area contributed by atoms with Crippen LogP contribution in [0.15, 0.2) is 42.6 Å². The Bertz CT molecular complexity index is 957. The largest absolute Gasteiger partial charge is 0.449 e. The van der Waals surface area contributed by atoms with Gasteiger partial charge in [0.2, 0.25) is 0 Å². The number of nitrogens with one attached hydrogen (secondary N) is 1. The Morgan fingerprint density at radius 3 is 2.74 bits per heavy atom. The summed E-state index contributed by atoms with van der Waals surface area (Å²) in [5.74, 6) is -0.462. The Hall–Kier alpha value is -3.00. The van der Waals surface area contributed by atoms with E-state index in [1.54, 1.807) is 23.0 Å². The highest BCUT2D eigenvalue weighted by molar-refractivity contribution is 7.19. The number of para-hydroxylation sites is 1. The normalized spacial score (nSPS) is 12.6. The summed E-state index contributed by atoms with van der Waals surface area (Å²) >= 11 is 1.48. The third-order valence-corrected chi connectivity index (χ3v) is 4.75. The monoisotopic (exact) mass is 384 g/mol. The van der Waals surface area contributed by atoms with Crippen molar-refractivity contribution >= 4 is 45.3 Å². The fourth-order valence-corrected chi connectivity index (χ4v) is 3.29. The number of carbonyl (C=O) groups is 2. The molecular formula is C19H20N4O3S. The van der Waals surface area contributed by atoms with Crippen LogP contribution in [0.5, 0.6) is 0 Å². The molecule has 7 nitrogen and oxygen atoms in total. The van der Waals surface area contributed by atoms with E-state index in [4.69, 9.17) is 4.74 Å². The summed E-state index contributed by atoms with van der Waals surface area (Å²) in [6.45, 7) is 5.44. The van der Waals surface area contributed by atoms with Crippen LogP contribution in [-0.2, 0) is 14.3 Å². The first kappa shape index (κ1) is 18.8. The molecule has 3 rings (SSSR count). The lowest BCUT2D eigenvalue weighted by Crippen LogP contribution is -2.30. The van der Waals surface area contributed by atoms with Crippen LogP contribution in [-0.4, -0.2) is 32.7 Å². The average molecular weight is 384 g/mol. The molecule has 1 aromatic carbocycles. The molecule has 1 amide bonds. The SMILES string of the molecule is CC(C)n1nccc1NC(=O)[C@H](C)OC(=O)/C=C/c1nc2ccccc2s1. The Labute approximate surface area is 160 Å². The van der Waals surface area contributed by atoms with Crippen LogP contribution in [0.25, 0.3) is 16.3 Å². The van der Waals surface area contributed by atoms with Crippen LogP contribution in [0.4, 0.5) is 5.82 Å². The summed E-state index contributed by atoms with van der Waals surface area (Å²) < 4.78 is 7.89. The molecule has 1 N–H and O–H groups in total. The Morgan fingerprint density at radius 2 is 2.00 bits per heavy atom. The average Bonchev–Trinajstić information content (AvgIpc) is 3.26. The van der Waals surface area contributed by atoms with Gasteiger partial charge in [-0.1, -0.05) is 12.1 Å². The molecule has 27 heavy (non-hydrogen) atoms. The molecular weight excluding hydrogens is 364 g/mol. The van der Waals surface area contributed by atoms with Gasteiger partial charge in [0, 0.05) is 18.2 Å². The van der Waals surface area contributed by atoms with Gasteiger partial charge in [-0.15, -0.1) is 11.3 Å². The van der Waals surface area contributed by atoms with Crippen LogP contribution in [0.2, 0.25) is 0 Å². The number of aromatic nitrogens is 3. The molecule has 2 heterocycles. The van der Waals surface area contributed by atoms with Crippen molar-refractivity contribution < 1.29 is 14.3 Å². The van der Waals surface area contributed by atoms with Gasteiger partial charge in [-0.25, -0.2) is 14.5 Å². The van der Waals surface area contributed by atoms with Gasteiger partial charge >= 0.3 is 5.97 Å². The molecule has 3 aromatic rings. The Morgan fingerprint density at radius 1 is 1.22 bits per heavy atom. The molecule has 0 aliphatic rings. The van der Waals surface area contributed by atoms with Gasteiger partial charge in [-0.3, -0.25) is 4.79 Å². The number of nitrogens with zero attached hydrogens (tertiary/aromatic N) is 3. The highest BCUT2D eigenvalue weighted by Crippen LogP contribution is 2.22. The zero-order valence-electron chi connectivity index (χ0n) is 15.2. The minimum absolute atomic E-state index is 0.102. The number of esters is 1. The second-order valence-electron chi connectivity index (χ2n) is 6.18. The van der Waals surface area contributed by atoms with E-state index in [9.17, 15) is 9.59 Å². The van der Waals surface area contributed by atoms with Crippen molar-refractivity contribution in [1.82, 2.24) is 14.8 Å². The van der Waals surface area contributed by atoms with Gasteiger partial charge in [0.25, 0.3) is 5.91 Å². The molecule has 0 spiro atoms. The smallest absolute Gasteiger partial charge is 0.331 e. The summed E-state index contributed by atoms with van der Waals surface area (Å²) in [5, 5.41) is 7.57. The van der Waals surface area contributed by atoms with Crippen LogP contribution in [0, 0.1) is 0 Å². The maximum Gasteiger partial charge on any atom is 0.331 e. The molecule has 0 radical (unpaired) electrons. The second-order valence-corrected chi connectivity index (χ2v) is 7.24. The fourth-order valence-electron chi connectivity index (χ4n) is 2.42. The standard InChI is InChI=1S/C19H20N4O3S/c1-12(2)23-16(10-11-20-23)22-19(25)13(3)26-18(24)9-8-17-21-14-6-4-5-7-15(14)27-17/h4-13H,1-3H3,(H,22,25)/b9-8+/t13-/m0/s1.